The first kappa shape index (κ1) is 40.8. The summed E-state index contributed by atoms with van der Waals surface area (Å²) in [5.74, 6) is -21.3. The predicted molar refractivity (Wildman–Crippen MR) is 208 cm³/mol. The molecule has 0 bridgehead atoms. The molecule has 2 saturated heterocycles. The number of anilines is 2. The standard InChI is InChI=1S/C43H31Cl2F5N2O8/c1-58-22-11-15-29(60-3)20(16-22)7-4-19-5-8-21(9-6-19)51-38(54)25-13-12-24-27(30(25)39(51)55)18-42(44)40(56)52(37-35(49)33(47)32(46)34(48)36(37)50)41(57)43(42,45)31(24)26-17-23(59-2)10-14-28(26)53/h4-12,14-17,25,27,30-31,53H,13,18H2,1-3H3. The Morgan fingerprint density at radius 3 is 1.97 bits per heavy atom. The second kappa shape index (κ2) is 14.7. The Labute approximate surface area is 348 Å². The van der Waals surface area contributed by atoms with Gasteiger partial charge in [0.15, 0.2) is 33.0 Å². The number of benzene rings is 4. The van der Waals surface area contributed by atoms with E-state index >= 15 is 8.78 Å². The SMILES string of the molecule is COc1ccc(OC)c(C=Cc2ccc(N3C(=O)C4CC=C5C(CC6(Cl)C(=O)N(c7c(F)c(F)c(F)c(F)c7F)C(=O)C6(Cl)C5c5cc(OC)ccc5O)C4C3=O)cc2)c1. The number of rotatable bonds is 8. The van der Waals surface area contributed by atoms with Crippen LogP contribution in [0.15, 0.2) is 72.3 Å². The summed E-state index contributed by atoms with van der Waals surface area (Å²) in [4.78, 5) is 52.8. The van der Waals surface area contributed by atoms with E-state index in [1.165, 1.54) is 45.6 Å². The maximum absolute atomic E-state index is 15.4. The van der Waals surface area contributed by atoms with Crippen LogP contribution in [0.5, 0.6) is 23.0 Å². The summed E-state index contributed by atoms with van der Waals surface area (Å²) in [6, 6.07) is 15.6. The Kier molecular flexibility index (Phi) is 9.98. The van der Waals surface area contributed by atoms with Crippen molar-refractivity contribution in [2.45, 2.75) is 28.5 Å². The molecule has 2 aliphatic carbocycles. The summed E-state index contributed by atoms with van der Waals surface area (Å²) in [5, 5.41) is 11.3. The number of aromatic hydroxyl groups is 1. The zero-order valence-electron chi connectivity index (χ0n) is 31.6. The fourth-order valence-electron chi connectivity index (χ4n) is 8.95. The van der Waals surface area contributed by atoms with E-state index in [1.807, 2.05) is 0 Å². The van der Waals surface area contributed by atoms with Crippen molar-refractivity contribution in [1.82, 2.24) is 0 Å². The molecule has 60 heavy (non-hydrogen) atoms. The van der Waals surface area contributed by atoms with Crippen molar-refractivity contribution >= 4 is 70.4 Å². The summed E-state index contributed by atoms with van der Waals surface area (Å²) in [7, 11) is 4.36. The lowest BCUT2D eigenvalue weighted by atomic mass is 9.56. The highest BCUT2D eigenvalue weighted by atomic mass is 35.5. The number of amides is 4. The summed E-state index contributed by atoms with van der Waals surface area (Å²) < 4.78 is 90.1. The van der Waals surface area contributed by atoms with Gasteiger partial charge in [-0.15, -0.1) is 23.2 Å². The van der Waals surface area contributed by atoms with E-state index < -0.39 is 104 Å². The van der Waals surface area contributed by atoms with Crippen molar-refractivity contribution in [1.29, 1.82) is 0 Å². The molecule has 4 aromatic carbocycles. The van der Waals surface area contributed by atoms with Gasteiger partial charge in [0.1, 0.15) is 28.7 Å². The zero-order chi connectivity index (χ0) is 43.2. The minimum atomic E-state index is -2.81. The fourth-order valence-corrected chi connectivity index (χ4v) is 9.87. The molecule has 3 fully saturated rings. The van der Waals surface area contributed by atoms with E-state index in [9.17, 15) is 37.5 Å². The summed E-state index contributed by atoms with van der Waals surface area (Å²) in [5.41, 5.74) is -0.272. The lowest BCUT2D eigenvalue weighted by Gasteiger charge is -2.50. The van der Waals surface area contributed by atoms with E-state index in [0.29, 0.717) is 17.1 Å². The quantitative estimate of drug-likeness (QED) is 0.0359. The Bertz CT molecular complexity index is 2580. The number of phenols is 1. The Balaban J connectivity index is 1.20. The largest absolute Gasteiger partial charge is 0.508 e. The number of nitrogens with zero attached hydrogens (tertiary/aromatic N) is 2. The summed E-state index contributed by atoms with van der Waals surface area (Å²) >= 11 is 14.4. The van der Waals surface area contributed by atoms with Crippen molar-refractivity contribution in [3.05, 3.63) is 118 Å². The van der Waals surface area contributed by atoms with Crippen LogP contribution in [0.2, 0.25) is 0 Å². The monoisotopic (exact) mass is 868 g/mol. The van der Waals surface area contributed by atoms with E-state index in [4.69, 9.17) is 37.4 Å². The number of halogens is 7. The highest BCUT2D eigenvalue weighted by Crippen LogP contribution is 2.67. The van der Waals surface area contributed by atoms with Crippen LogP contribution in [-0.2, 0) is 19.2 Å². The maximum Gasteiger partial charge on any atom is 0.258 e. The summed E-state index contributed by atoms with van der Waals surface area (Å²) in [6.45, 7) is 0. The van der Waals surface area contributed by atoms with Crippen LogP contribution in [0.25, 0.3) is 12.2 Å². The van der Waals surface area contributed by atoms with E-state index in [2.05, 4.69) is 0 Å². The first-order valence-corrected chi connectivity index (χ1v) is 19.0. The van der Waals surface area contributed by atoms with Gasteiger partial charge in [0.05, 0.1) is 38.9 Å². The number of allylic oxidation sites excluding steroid dienone is 2. The van der Waals surface area contributed by atoms with Gasteiger partial charge in [0.2, 0.25) is 17.6 Å². The fraction of sp³-hybridized carbons (Fsp3) is 0.256. The molecule has 0 aromatic heterocycles. The third-order valence-corrected chi connectivity index (χ3v) is 13.2. The van der Waals surface area contributed by atoms with Gasteiger partial charge in [0, 0.05) is 17.0 Å². The zero-order valence-corrected chi connectivity index (χ0v) is 33.1. The van der Waals surface area contributed by atoms with Gasteiger partial charge in [-0.1, -0.05) is 35.9 Å². The van der Waals surface area contributed by atoms with Crippen molar-refractivity contribution in [3.63, 3.8) is 0 Å². The molecule has 0 spiro atoms. The van der Waals surface area contributed by atoms with Crippen LogP contribution >= 0.6 is 23.2 Å². The van der Waals surface area contributed by atoms with Gasteiger partial charge in [-0.3, -0.25) is 24.1 Å². The first-order valence-electron chi connectivity index (χ1n) is 18.3. The molecule has 6 atom stereocenters. The number of phenolic OH excluding ortho intramolecular Hbond substituents is 1. The van der Waals surface area contributed by atoms with Crippen LogP contribution in [0.4, 0.5) is 33.3 Å². The van der Waals surface area contributed by atoms with Crippen molar-refractivity contribution in [3.8, 4) is 23.0 Å². The molecular formula is C43H31Cl2F5N2O8. The van der Waals surface area contributed by atoms with Crippen LogP contribution in [-0.4, -0.2) is 59.8 Å². The van der Waals surface area contributed by atoms with Crippen molar-refractivity contribution in [2.75, 3.05) is 31.1 Å². The number of alkyl halides is 2. The van der Waals surface area contributed by atoms with Crippen LogP contribution < -0.4 is 24.0 Å². The lowest BCUT2D eigenvalue weighted by molar-refractivity contribution is -0.125. The average Bonchev–Trinajstić information content (AvgIpc) is 3.59. The first-order chi connectivity index (χ1) is 28.5. The topological polar surface area (TPSA) is 123 Å². The highest BCUT2D eigenvalue weighted by molar-refractivity contribution is 6.58. The molecule has 2 aliphatic heterocycles. The molecule has 4 aliphatic rings. The van der Waals surface area contributed by atoms with E-state index in [-0.39, 0.29) is 33.9 Å². The minimum absolute atomic E-state index is 0.0895. The Morgan fingerprint density at radius 1 is 0.717 bits per heavy atom. The number of hydrogen-bond donors (Lipinski definition) is 1. The number of fused-ring (bicyclic) bond motifs is 4. The molecule has 10 nitrogen and oxygen atoms in total. The molecule has 0 radical (unpaired) electrons. The van der Waals surface area contributed by atoms with Crippen molar-refractivity contribution in [2.24, 2.45) is 17.8 Å². The van der Waals surface area contributed by atoms with Gasteiger partial charge in [-0.05, 0) is 72.9 Å². The van der Waals surface area contributed by atoms with Crippen LogP contribution in [0.3, 0.4) is 0 Å². The van der Waals surface area contributed by atoms with Crippen molar-refractivity contribution < 1.29 is 60.4 Å². The molecule has 1 saturated carbocycles. The lowest BCUT2D eigenvalue weighted by Crippen LogP contribution is -2.60. The minimum Gasteiger partial charge on any atom is -0.508 e. The summed E-state index contributed by atoms with van der Waals surface area (Å²) in [6.07, 6.45) is 4.32. The van der Waals surface area contributed by atoms with Gasteiger partial charge < -0.3 is 19.3 Å². The van der Waals surface area contributed by atoms with Crippen LogP contribution in [0.1, 0.15) is 35.4 Å². The number of ether oxygens (including phenoxy) is 3. The van der Waals surface area contributed by atoms with Gasteiger partial charge in [0.25, 0.3) is 11.8 Å². The number of carbonyl (C=O) groups excluding carboxylic acids is 4. The average molecular weight is 870 g/mol. The van der Waals surface area contributed by atoms with Crippen LogP contribution in [0, 0.1) is 46.8 Å². The normalized spacial score (nSPS) is 26.0. The molecule has 2 heterocycles. The predicted octanol–water partition coefficient (Wildman–Crippen LogP) is 8.05. The molecule has 4 aromatic rings. The van der Waals surface area contributed by atoms with Gasteiger partial charge >= 0.3 is 0 Å². The number of carbonyl (C=O) groups is 4. The molecule has 4 amide bonds. The smallest absolute Gasteiger partial charge is 0.258 e. The molecular weight excluding hydrogens is 838 g/mol. The third kappa shape index (κ3) is 5.72. The molecule has 310 valence electrons. The Morgan fingerprint density at radius 2 is 1.33 bits per heavy atom. The number of methoxy groups -OCH3 is 3. The molecule has 17 heteroatoms. The second-order valence-electron chi connectivity index (χ2n) is 14.7. The van der Waals surface area contributed by atoms with Gasteiger partial charge in [-0.2, -0.15) is 0 Å². The molecule has 8 rings (SSSR count). The molecule has 1 N–H and O–H groups in total. The van der Waals surface area contributed by atoms with E-state index in [1.54, 1.807) is 54.6 Å². The van der Waals surface area contributed by atoms with E-state index in [0.717, 1.165) is 10.5 Å². The highest BCUT2D eigenvalue weighted by Gasteiger charge is 2.77. The Hall–Kier alpha value is -5.93. The molecule has 6 unspecified atom stereocenters. The second-order valence-corrected chi connectivity index (χ2v) is 15.9. The van der Waals surface area contributed by atoms with Gasteiger partial charge in [-0.25, -0.2) is 26.9 Å². The maximum atomic E-state index is 15.4. The number of hydrogen-bond acceptors (Lipinski definition) is 8. The number of imide groups is 2. The third-order valence-electron chi connectivity index (χ3n) is 11.8.